The van der Waals surface area contributed by atoms with Crippen LogP contribution >= 0.6 is 22.7 Å². The minimum atomic E-state index is -0.540. The fraction of sp³-hybridized carbons (Fsp3) is 0.471. The number of nitrogens with one attached hydrogen (secondary N) is 2. The highest BCUT2D eigenvalue weighted by atomic mass is 32.1. The van der Waals surface area contributed by atoms with E-state index in [0.717, 1.165) is 61.4 Å². The Morgan fingerprint density at radius 3 is 1.48 bits per heavy atom. The van der Waals surface area contributed by atoms with Gasteiger partial charge in [0.2, 0.25) is 35.5 Å². The predicted octanol–water partition coefficient (Wildman–Crippen LogP) is 4.67. The van der Waals surface area contributed by atoms with Gasteiger partial charge in [-0.3, -0.25) is 19.4 Å². The molecule has 0 unspecified atom stereocenters. The lowest BCUT2D eigenvalue weighted by molar-refractivity contribution is -0.115. The van der Waals surface area contributed by atoms with Gasteiger partial charge in [-0.25, -0.2) is 19.9 Å². The van der Waals surface area contributed by atoms with Crippen LogP contribution < -0.4 is 20.1 Å². The van der Waals surface area contributed by atoms with Crippen molar-refractivity contribution in [3.63, 3.8) is 0 Å². The molecule has 6 rings (SSSR count). The highest BCUT2D eigenvalue weighted by Crippen LogP contribution is 2.29. The van der Waals surface area contributed by atoms with Crippen molar-refractivity contribution in [2.24, 2.45) is 0 Å². The van der Waals surface area contributed by atoms with Crippen LogP contribution in [-0.4, -0.2) is 88.9 Å². The SMILES string of the molecule is CC(=O)Nc1nc(F)c(CN2CC[C@@H](Oc3cnc(C#N)cn3)C[C@H]2C)s1.CC(=O)Nc1nc(F)c(CN2CC[C@H](Oc3cnc(C#N)cn3)C[C@@H]2C)s1. The normalized spacial score (nSPS) is 20.1. The van der Waals surface area contributed by atoms with Gasteiger partial charge < -0.3 is 20.1 Å². The van der Waals surface area contributed by atoms with Crippen molar-refractivity contribution in [3.05, 3.63) is 57.8 Å². The number of aromatic nitrogens is 6. The van der Waals surface area contributed by atoms with Gasteiger partial charge in [0.15, 0.2) is 21.7 Å². The molecule has 0 aliphatic carbocycles. The molecular formula is C34H38F2N12O4S2. The number of thiazole rings is 2. The molecule has 20 heteroatoms. The number of carbonyl (C=O) groups excluding carboxylic acids is 2. The van der Waals surface area contributed by atoms with Crippen LogP contribution in [0.3, 0.4) is 0 Å². The number of hydrogen-bond donors (Lipinski definition) is 2. The summed E-state index contributed by atoms with van der Waals surface area (Å²) in [6.45, 7) is 9.21. The summed E-state index contributed by atoms with van der Waals surface area (Å²) in [6.07, 6.45) is 8.70. The molecule has 0 saturated carbocycles. The Balaban J connectivity index is 0.000000208. The average Bonchev–Trinajstić information content (AvgIpc) is 3.65. The minimum Gasteiger partial charge on any atom is -0.473 e. The number of anilines is 2. The zero-order chi connectivity index (χ0) is 38.8. The first kappa shape index (κ1) is 39.9. The first-order valence-electron chi connectivity index (χ1n) is 17.0. The fourth-order valence-electron chi connectivity index (χ4n) is 5.89. The summed E-state index contributed by atoms with van der Waals surface area (Å²) < 4.78 is 39.8. The largest absolute Gasteiger partial charge is 0.473 e. The van der Waals surface area contributed by atoms with Crippen LogP contribution in [0.4, 0.5) is 19.0 Å². The molecule has 2 saturated heterocycles. The van der Waals surface area contributed by atoms with Crippen LogP contribution in [0.2, 0.25) is 0 Å². The third-order valence-electron chi connectivity index (χ3n) is 8.55. The molecule has 284 valence electrons. The summed E-state index contributed by atoms with van der Waals surface area (Å²) in [4.78, 5) is 51.1. The topological polar surface area (TPSA) is 208 Å². The molecule has 4 atom stereocenters. The zero-order valence-corrected chi connectivity index (χ0v) is 31.6. The minimum absolute atomic E-state index is 0.0141. The summed E-state index contributed by atoms with van der Waals surface area (Å²) in [5, 5.41) is 23.1. The molecule has 0 radical (unpaired) electrons. The lowest BCUT2D eigenvalue weighted by Gasteiger charge is -2.37. The molecule has 0 spiro atoms. The maximum Gasteiger partial charge on any atom is 0.232 e. The zero-order valence-electron chi connectivity index (χ0n) is 30.0. The van der Waals surface area contributed by atoms with Crippen molar-refractivity contribution >= 4 is 44.8 Å². The van der Waals surface area contributed by atoms with Crippen molar-refractivity contribution in [1.29, 1.82) is 10.5 Å². The van der Waals surface area contributed by atoms with Crippen LogP contribution in [0.5, 0.6) is 11.8 Å². The number of piperidine rings is 2. The molecule has 2 fully saturated rings. The highest BCUT2D eigenvalue weighted by molar-refractivity contribution is 7.16. The maximum atomic E-state index is 14.0. The quantitative estimate of drug-likeness (QED) is 0.224. The summed E-state index contributed by atoms with van der Waals surface area (Å²) in [7, 11) is 0. The van der Waals surface area contributed by atoms with E-state index in [0.29, 0.717) is 34.6 Å². The Hall–Kier alpha value is -5.28. The van der Waals surface area contributed by atoms with Crippen LogP contribution in [-0.2, 0) is 22.7 Å². The molecule has 54 heavy (non-hydrogen) atoms. The van der Waals surface area contributed by atoms with Crippen molar-refractivity contribution in [2.45, 2.75) is 90.8 Å². The van der Waals surface area contributed by atoms with Crippen LogP contribution in [0, 0.1) is 34.6 Å². The van der Waals surface area contributed by atoms with Crippen molar-refractivity contribution < 1.29 is 27.8 Å². The number of nitriles is 2. The second-order valence-corrected chi connectivity index (χ2v) is 14.9. The van der Waals surface area contributed by atoms with E-state index in [2.05, 4.69) is 64.2 Å². The van der Waals surface area contributed by atoms with E-state index >= 15 is 0 Å². The molecule has 2 amide bonds. The van der Waals surface area contributed by atoms with E-state index in [1.165, 1.54) is 38.6 Å². The van der Waals surface area contributed by atoms with E-state index < -0.39 is 11.9 Å². The van der Waals surface area contributed by atoms with Crippen LogP contribution in [0.25, 0.3) is 0 Å². The van der Waals surface area contributed by atoms with E-state index in [-0.39, 0.29) is 57.8 Å². The van der Waals surface area contributed by atoms with Gasteiger partial charge in [0.25, 0.3) is 0 Å². The van der Waals surface area contributed by atoms with Crippen molar-refractivity contribution in [3.8, 4) is 23.9 Å². The van der Waals surface area contributed by atoms with Crippen LogP contribution in [0.15, 0.2) is 24.8 Å². The summed E-state index contributed by atoms with van der Waals surface area (Å²) in [5.74, 6) is -0.828. The summed E-state index contributed by atoms with van der Waals surface area (Å²) in [5.41, 5.74) is 0.492. The van der Waals surface area contributed by atoms with Gasteiger partial charge >= 0.3 is 0 Å². The lowest BCUT2D eigenvalue weighted by Crippen LogP contribution is -2.43. The van der Waals surface area contributed by atoms with E-state index in [1.54, 1.807) is 0 Å². The molecule has 0 bridgehead atoms. The number of hydrogen-bond acceptors (Lipinski definition) is 16. The average molecular weight is 781 g/mol. The highest BCUT2D eigenvalue weighted by Gasteiger charge is 2.30. The van der Waals surface area contributed by atoms with Gasteiger partial charge in [-0.2, -0.15) is 29.3 Å². The summed E-state index contributed by atoms with van der Waals surface area (Å²) in [6, 6.07) is 4.20. The summed E-state index contributed by atoms with van der Waals surface area (Å²) >= 11 is 2.31. The molecule has 6 heterocycles. The second kappa shape index (κ2) is 18.7. The fourth-order valence-corrected chi connectivity index (χ4v) is 7.72. The molecule has 2 aliphatic rings. The third-order valence-corrected chi connectivity index (χ3v) is 10.4. The molecule has 2 N–H and O–H groups in total. The van der Waals surface area contributed by atoms with Crippen molar-refractivity contribution in [2.75, 3.05) is 23.7 Å². The van der Waals surface area contributed by atoms with E-state index in [9.17, 15) is 18.4 Å². The van der Waals surface area contributed by atoms with Crippen LogP contribution in [0.1, 0.15) is 74.5 Å². The number of halogens is 2. The Labute approximate surface area is 318 Å². The van der Waals surface area contributed by atoms with E-state index in [1.807, 2.05) is 12.1 Å². The number of amides is 2. The van der Waals surface area contributed by atoms with Gasteiger partial charge in [-0.05, 0) is 39.5 Å². The monoisotopic (exact) mass is 780 g/mol. The molecular weight excluding hydrogens is 743 g/mol. The van der Waals surface area contributed by atoms with Gasteiger partial charge in [0, 0.05) is 52.1 Å². The van der Waals surface area contributed by atoms with E-state index in [4.69, 9.17) is 20.0 Å². The van der Waals surface area contributed by atoms with Gasteiger partial charge in [-0.15, -0.1) is 0 Å². The van der Waals surface area contributed by atoms with Gasteiger partial charge in [0.1, 0.15) is 24.3 Å². The van der Waals surface area contributed by atoms with Gasteiger partial charge in [0.05, 0.1) is 34.5 Å². The van der Waals surface area contributed by atoms with Gasteiger partial charge in [-0.1, -0.05) is 22.7 Å². The molecule has 2 aliphatic heterocycles. The Morgan fingerprint density at radius 1 is 0.759 bits per heavy atom. The van der Waals surface area contributed by atoms with Crippen molar-refractivity contribution in [1.82, 2.24) is 39.7 Å². The maximum absolute atomic E-state index is 14.0. The first-order chi connectivity index (χ1) is 25.9. The third kappa shape index (κ3) is 11.4. The molecule has 4 aromatic rings. The standard InChI is InChI=1S/2C17H19FN6O2S/c2*1-10-5-13(26-15-8-20-12(6-19)7-21-15)3-4-24(10)9-14-16(18)23-17(27-14)22-11(2)25/h2*7-8,10,13H,3-5,9H2,1-2H3,(H,22,23,25)/t2*10-,13-/m10/s1. The Kier molecular flexibility index (Phi) is 13.8. The lowest BCUT2D eigenvalue weighted by atomic mass is 10.0. The first-order valence-corrected chi connectivity index (χ1v) is 18.6. The smallest absolute Gasteiger partial charge is 0.232 e. The number of likely N-dealkylation sites (tertiary alicyclic amines) is 2. The number of ether oxygens (including phenoxy) is 2. The Bertz CT molecular complexity index is 1840. The number of rotatable bonds is 10. The molecule has 0 aromatic carbocycles. The molecule has 16 nitrogen and oxygen atoms in total. The number of nitrogens with zero attached hydrogens (tertiary/aromatic N) is 10. The predicted molar refractivity (Wildman–Crippen MR) is 193 cm³/mol. The Morgan fingerprint density at radius 2 is 1.17 bits per heavy atom. The second-order valence-electron chi connectivity index (χ2n) is 12.7. The number of carbonyl (C=O) groups is 2. The molecule has 4 aromatic heterocycles.